The van der Waals surface area contributed by atoms with Crippen LogP contribution in [0.15, 0.2) is 66.2 Å². The molecule has 0 saturated carbocycles. The fourth-order valence-corrected chi connectivity index (χ4v) is 2.63. The van der Waals surface area contributed by atoms with E-state index in [1.165, 1.54) is 18.5 Å². The minimum absolute atomic E-state index is 0. The van der Waals surface area contributed by atoms with Crippen LogP contribution < -0.4 is 10.6 Å². The molecule has 0 atom stereocenters. The van der Waals surface area contributed by atoms with Gasteiger partial charge in [0.05, 0.1) is 13.1 Å². The van der Waals surface area contributed by atoms with Crippen molar-refractivity contribution in [3.05, 3.63) is 83.7 Å². The van der Waals surface area contributed by atoms with Gasteiger partial charge in [-0.05, 0) is 35.7 Å². The molecule has 0 unspecified atom stereocenters. The average Bonchev–Trinajstić information content (AvgIpc) is 3.18. The topological polar surface area (TPSA) is 67.1 Å². The maximum Gasteiger partial charge on any atom is 0.191 e. The van der Waals surface area contributed by atoms with Gasteiger partial charge in [0.2, 0.25) is 0 Å². The molecule has 2 aromatic carbocycles. The van der Waals surface area contributed by atoms with Gasteiger partial charge in [-0.25, -0.2) is 19.0 Å². The van der Waals surface area contributed by atoms with Gasteiger partial charge in [0.15, 0.2) is 5.96 Å². The number of benzene rings is 2. The van der Waals surface area contributed by atoms with Crippen LogP contribution in [0.4, 0.5) is 4.39 Å². The van der Waals surface area contributed by atoms with Gasteiger partial charge >= 0.3 is 0 Å². The second kappa shape index (κ2) is 11.4. The van der Waals surface area contributed by atoms with Crippen molar-refractivity contribution in [2.45, 2.75) is 26.6 Å². The highest BCUT2D eigenvalue weighted by atomic mass is 127. The first-order valence-electron chi connectivity index (χ1n) is 8.90. The first kappa shape index (κ1) is 21.8. The molecule has 0 fully saturated rings. The van der Waals surface area contributed by atoms with E-state index in [4.69, 9.17) is 0 Å². The molecular weight excluding hydrogens is 470 g/mol. The Balaban J connectivity index is 0.00000280. The highest BCUT2D eigenvalue weighted by molar-refractivity contribution is 14.0. The first-order chi connectivity index (χ1) is 13.2. The number of rotatable bonds is 7. The van der Waals surface area contributed by atoms with Gasteiger partial charge in [0.1, 0.15) is 18.5 Å². The quantitative estimate of drug-likeness (QED) is 0.301. The fraction of sp³-hybridized carbons (Fsp3) is 0.250. The maximum atomic E-state index is 13.0. The molecule has 0 aliphatic carbocycles. The SMILES string of the molecule is CCNC(=NCc1cccc(Cn2cncn2)c1)NCc1ccc(F)cc1.I. The van der Waals surface area contributed by atoms with Crippen molar-refractivity contribution in [1.82, 2.24) is 25.4 Å². The first-order valence-corrected chi connectivity index (χ1v) is 8.90. The van der Waals surface area contributed by atoms with Crippen molar-refractivity contribution < 1.29 is 4.39 Å². The molecular formula is C20H24FIN6. The third-order valence-corrected chi connectivity index (χ3v) is 3.94. The molecule has 1 heterocycles. The zero-order chi connectivity index (χ0) is 18.9. The van der Waals surface area contributed by atoms with Crippen LogP contribution in [0.2, 0.25) is 0 Å². The Morgan fingerprint density at radius 1 is 1.07 bits per heavy atom. The smallest absolute Gasteiger partial charge is 0.191 e. The van der Waals surface area contributed by atoms with E-state index in [0.717, 1.165) is 29.2 Å². The molecule has 1 aromatic heterocycles. The lowest BCUT2D eigenvalue weighted by Gasteiger charge is -2.11. The lowest BCUT2D eigenvalue weighted by Crippen LogP contribution is -2.36. The van der Waals surface area contributed by atoms with E-state index < -0.39 is 0 Å². The molecule has 0 aliphatic heterocycles. The summed E-state index contributed by atoms with van der Waals surface area (Å²) in [5.41, 5.74) is 3.26. The number of halogens is 2. The molecule has 0 amide bonds. The van der Waals surface area contributed by atoms with Crippen LogP contribution in [0, 0.1) is 5.82 Å². The van der Waals surface area contributed by atoms with Crippen LogP contribution in [0.3, 0.4) is 0 Å². The van der Waals surface area contributed by atoms with Crippen molar-refractivity contribution in [2.24, 2.45) is 4.99 Å². The third-order valence-electron chi connectivity index (χ3n) is 3.94. The number of nitrogens with zero attached hydrogens (tertiary/aromatic N) is 4. The van der Waals surface area contributed by atoms with Crippen LogP contribution in [-0.2, 0) is 19.6 Å². The van der Waals surface area contributed by atoms with Crippen LogP contribution in [0.5, 0.6) is 0 Å². The summed E-state index contributed by atoms with van der Waals surface area (Å²) in [6.45, 7) is 4.61. The molecule has 0 bridgehead atoms. The highest BCUT2D eigenvalue weighted by Gasteiger charge is 2.01. The predicted molar refractivity (Wildman–Crippen MR) is 119 cm³/mol. The number of nitrogens with one attached hydrogen (secondary N) is 2. The van der Waals surface area contributed by atoms with Crippen molar-refractivity contribution >= 4 is 29.9 Å². The fourth-order valence-electron chi connectivity index (χ4n) is 2.63. The normalized spacial score (nSPS) is 11.0. The van der Waals surface area contributed by atoms with Gasteiger partial charge in [-0.1, -0.05) is 36.4 Å². The average molecular weight is 494 g/mol. The number of guanidine groups is 1. The van der Waals surface area contributed by atoms with Gasteiger partial charge in [0, 0.05) is 13.1 Å². The van der Waals surface area contributed by atoms with Gasteiger partial charge in [-0.2, -0.15) is 5.10 Å². The Kier molecular flexibility index (Phi) is 8.86. The second-order valence-corrected chi connectivity index (χ2v) is 6.09. The maximum absolute atomic E-state index is 13.0. The van der Waals surface area contributed by atoms with E-state index in [1.807, 2.05) is 13.0 Å². The molecule has 0 aliphatic rings. The summed E-state index contributed by atoms with van der Waals surface area (Å²) in [4.78, 5) is 8.60. The minimum Gasteiger partial charge on any atom is -0.357 e. The molecule has 0 radical (unpaired) electrons. The molecule has 2 N–H and O–H groups in total. The number of aliphatic imine (C=N–C) groups is 1. The Bertz CT molecular complexity index is 865. The molecule has 28 heavy (non-hydrogen) atoms. The van der Waals surface area contributed by atoms with E-state index in [1.54, 1.807) is 23.1 Å². The second-order valence-electron chi connectivity index (χ2n) is 6.09. The summed E-state index contributed by atoms with van der Waals surface area (Å²) in [6, 6.07) is 14.7. The molecule has 3 aromatic rings. The minimum atomic E-state index is -0.231. The van der Waals surface area contributed by atoms with Crippen molar-refractivity contribution in [2.75, 3.05) is 6.54 Å². The zero-order valence-electron chi connectivity index (χ0n) is 15.7. The Morgan fingerprint density at radius 3 is 2.57 bits per heavy atom. The predicted octanol–water partition coefficient (Wildman–Crippen LogP) is 3.34. The molecule has 0 saturated heterocycles. The number of aromatic nitrogens is 3. The Labute approximate surface area is 181 Å². The van der Waals surface area contributed by atoms with E-state index in [0.29, 0.717) is 19.6 Å². The van der Waals surface area contributed by atoms with Crippen LogP contribution in [-0.4, -0.2) is 27.3 Å². The molecule has 6 nitrogen and oxygen atoms in total. The summed E-state index contributed by atoms with van der Waals surface area (Å²) in [7, 11) is 0. The molecule has 148 valence electrons. The van der Waals surface area contributed by atoms with Crippen molar-refractivity contribution in [3.63, 3.8) is 0 Å². The van der Waals surface area contributed by atoms with Crippen molar-refractivity contribution in [1.29, 1.82) is 0 Å². The summed E-state index contributed by atoms with van der Waals surface area (Å²) in [6.07, 6.45) is 3.23. The van der Waals surface area contributed by atoms with Gasteiger partial charge in [-0.3, -0.25) is 0 Å². The Morgan fingerprint density at radius 2 is 1.86 bits per heavy atom. The summed E-state index contributed by atoms with van der Waals surface area (Å²) >= 11 is 0. The van der Waals surface area contributed by atoms with E-state index in [2.05, 4.69) is 43.9 Å². The lowest BCUT2D eigenvalue weighted by molar-refractivity contribution is 0.626. The zero-order valence-corrected chi connectivity index (χ0v) is 18.0. The summed E-state index contributed by atoms with van der Waals surface area (Å²) in [5, 5.41) is 10.6. The van der Waals surface area contributed by atoms with E-state index >= 15 is 0 Å². The molecule has 8 heteroatoms. The standard InChI is InChI=1S/C20H23FN6.HI/c1-2-23-20(24-11-16-6-8-19(21)9-7-16)25-12-17-4-3-5-18(10-17)13-27-15-22-14-26-27;/h3-10,14-15H,2,11-13H2,1H3,(H2,23,24,25);1H. The molecule has 3 rings (SSSR count). The number of hydrogen-bond acceptors (Lipinski definition) is 3. The lowest BCUT2D eigenvalue weighted by atomic mass is 10.1. The van der Waals surface area contributed by atoms with Crippen molar-refractivity contribution in [3.8, 4) is 0 Å². The summed E-state index contributed by atoms with van der Waals surface area (Å²) < 4.78 is 14.8. The van der Waals surface area contributed by atoms with Gasteiger partial charge in [0.25, 0.3) is 0 Å². The van der Waals surface area contributed by atoms with E-state index in [-0.39, 0.29) is 29.8 Å². The van der Waals surface area contributed by atoms with Crippen LogP contribution >= 0.6 is 24.0 Å². The highest BCUT2D eigenvalue weighted by Crippen LogP contribution is 2.08. The monoisotopic (exact) mass is 494 g/mol. The molecule has 0 spiro atoms. The largest absolute Gasteiger partial charge is 0.357 e. The van der Waals surface area contributed by atoms with Gasteiger partial charge in [-0.15, -0.1) is 24.0 Å². The van der Waals surface area contributed by atoms with E-state index in [9.17, 15) is 4.39 Å². The van der Waals surface area contributed by atoms with Crippen LogP contribution in [0.1, 0.15) is 23.6 Å². The number of hydrogen-bond donors (Lipinski definition) is 2. The van der Waals surface area contributed by atoms with Gasteiger partial charge < -0.3 is 10.6 Å². The summed E-state index contributed by atoms with van der Waals surface area (Å²) in [5.74, 6) is 0.494. The third kappa shape index (κ3) is 6.91. The Hall–Kier alpha value is -2.49. The van der Waals surface area contributed by atoms with Crippen LogP contribution in [0.25, 0.3) is 0 Å².